The molecule has 4 heteroatoms. The molecule has 0 bridgehead atoms. The van der Waals surface area contributed by atoms with Gasteiger partial charge in [-0.1, -0.05) is 78.9 Å². The van der Waals surface area contributed by atoms with Crippen LogP contribution in [0.5, 0.6) is 0 Å². The van der Waals surface area contributed by atoms with E-state index in [0.29, 0.717) is 0 Å². The summed E-state index contributed by atoms with van der Waals surface area (Å²) < 4.78 is 0. The number of nitrogens with zero attached hydrogens (tertiary/aromatic N) is 1. The van der Waals surface area contributed by atoms with Gasteiger partial charge in [0.2, 0.25) is 0 Å². The summed E-state index contributed by atoms with van der Waals surface area (Å²) in [5.41, 5.74) is 2.46. The topological polar surface area (TPSA) is 15.3 Å². The number of hydrogen-bond acceptors (Lipinski definition) is 2. The number of hydrogen-bond donors (Lipinski definition) is 1. The predicted octanol–water partition coefficient (Wildman–Crippen LogP) is 5.37. The Kier molecular flexibility index (Phi) is 7.31. The molecule has 3 aromatic carbocycles. The van der Waals surface area contributed by atoms with E-state index in [0.717, 1.165) is 17.4 Å². The van der Waals surface area contributed by atoms with Gasteiger partial charge in [-0.15, -0.1) is 11.8 Å². The molecular formula is C23H24N2S2. The Hall–Kier alpha value is -2.30. The quantitative estimate of drug-likeness (QED) is 0.330. The van der Waals surface area contributed by atoms with Gasteiger partial charge in [-0.2, -0.15) is 0 Å². The Labute approximate surface area is 171 Å². The van der Waals surface area contributed by atoms with Gasteiger partial charge in [0, 0.05) is 24.2 Å². The van der Waals surface area contributed by atoms with Crippen molar-refractivity contribution in [1.82, 2.24) is 10.2 Å². The van der Waals surface area contributed by atoms with E-state index in [4.69, 9.17) is 12.2 Å². The summed E-state index contributed by atoms with van der Waals surface area (Å²) >= 11 is 7.52. The smallest absolute Gasteiger partial charge is 0.169 e. The van der Waals surface area contributed by atoms with Crippen LogP contribution in [0.1, 0.15) is 17.2 Å². The molecule has 0 spiro atoms. The monoisotopic (exact) mass is 392 g/mol. The molecule has 0 saturated heterocycles. The summed E-state index contributed by atoms with van der Waals surface area (Å²) in [6.45, 7) is 0.832. The molecule has 0 fully saturated rings. The number of thioether (sulfide) groups is 1. The second-order valence-electron chi connectivity index (χ2n) is 6.23. The minimum Gasteiger partial charge on any atom is -0.362 e. The average Bonchev–Trinajstić information content (AvgIpc) is 2.73. The molecule has 0 aliphatic heterocycles. The summed E-state index contributed by atoms with van der Waals surface area (Å²) in [4.78, 5) is 3.43. The summed E-state index contributed by atoms with van der Waals surface area (Å²) in [6.07, 6.45) is 0. The van der Waals surface area contributed by atoms with Gasteiger partial charge in [0.25, 0.3) is 0 Å². The number of nitrogens with one attached hydrogen (secondary N) is 1. The summed E-state index contributed by atoms with van der Waals surface area (Å²) in [5, 5.41) is 4.17. The minimum absolute atomic E-state index is 0.0918. The number of rotatable bonds is 7. The highest BCUT2D eigenvalue weighted by atomic mass is 32.2. The van der Waals surface area contributed by atoms with Crippen LogP contribution in [0, 0.1) is 0 Å². The first-order chi connectivity index (χ1) is 13.3. The van der Waals surface area contributed by atoms with Crippen LogP contribution in [-0.2, 0) is 0 Å². The summed E-state index contributed by atoms with van der Waals surface area (Å²) in [6, 6.07) is 31.5. The van der Waals surface area contributed by atoms with Gasteiger partial charge in [-0.05, 0) is 35.5 Å². The van der Waals surface area contributed by atoms with E-state index in [2.05, 4.69) is 90.1 Å². The van der Waals surface area contributed by atoms with Crippen molar-refractivity contribution in [3.8, 4) is 0 Å². The van der Waals surface area contributed by atoms with Crippen molar-refractivity contribution in [2.45, 2.75) is 10.9 Å². The van der Waals surface area contributed by atoms with Crippen molar-refractivity contribution >= 4 is 29.1 Å². The Morgan fingerprint density at radius 1 is 0.852 bits per heavy atom. The Balaban J connectivity index is 1.63. The fourth-order valence-electron chi connectivity index (χ4n) is 3.00. The molecule has 1 N–H and O–H groups in total. The molecule has 0 atom stereocenters. The molecule has 138 valence electrons. The van der Waals surface area contributed by atoms with Crippen LogP contribution < -0.4 is 5.32 Å². The van der Waals surface area contributed by atoms with E-state index in [-0.39, 0.29) is 6.04 Å². The van der Waals surface area contributed by atoms with Gasteiger partial charge in [0.15, 0.2) is 5.11 Å². The maximum absolute atomic E-state index is 5.69. The molecule has 0 saturated carbocycles. The van der Waals surface area contributed by atoms with Gasteiger partial charge in [-0.25, -0.2) is 0 Å². The van der Waals surface area contributed by atoms with Crippen molar-refractivity contribution in [2.24, 2.45) is 0 Å². The third-order valence-corrected chi connectivity index (χ3v) is 5.77. The molecule has 0 unspecified atom stereocenters. The first kappa shape index (κ1) is 19.5. The molecule has 0 aliphatic carbocycles. The highest BCUT2D eigenvalue weighted by Gasteiger charge is 2.20. The average molecular weight is 393 g/mol. The SMILES string of the molecule is CN(C(=S)NCCSc1ccccc1)C(c1ccccc1)c1ccccc1. The standard InChI is InChI=1S/C23H24N2S2/c1-25(23(26)24-17-18-27-21-15-9-4-10-16-21)22(19-11-5-2-6-12-19)20-13-7-3-8-14-20/h2-16,22H,17-18H2,1H3,(H,24,26). The van der Waals surface area contributed by atoms with E-state index in [1.807, 2.05) is 30.0 Å². The number of thiocarbonyl (C=S) groups is 1. The predicted molar refractivity (Wildman–Crippen MR) is 120 cm³/mol. The van der Waals surface area contributed by atoms with Crippen molar-refractivity contribution in [1.29, 1.82) is 0 Å². The van der Waals surface area contributed by atoms with Crippen LogP contribution in [0.4, 0.5) is 0 Å². The molecule has 3 rings (SSSR count). The van der Waals surface area contributed by atoms with Crippen LogP contribution in [0.15, 0.2) is 95.9 Å². The van der Waals surface area contributed by atoms with E-state index in [9.17, 15) is 0 Å². The molecule has 0 heterocycles. The molecule has 27 heavy (non-hydrogen) atoms. The third-order valence-electron chi connectivity index (χ3n) is 4.33. The minimum atomic E-state index is 0.0918. The second kappa shape index (κ2) is 10.1. The van der Waals surface area contributed by atoms with Crippen molar-refractivity contribution in [2.75, 3.05) is 19.3 Å². The van der Waals surface area contributed by atoms with Crippen LogP contribution >= 0.6 is 24.0 Å². The molecule has 2 nitrogen and oxygen atoms in total. The van der Waals surface area contributed by atoms with Crippen LogP contribution in [-0.4, -0.2) is 29.4 Å². The molecule has 0 amide bonds. The zero-order valence-corrected chi connectivity index (χ0v) is 17.0. The zero-order chi connectivity index (χ0) is 18.9. The molecule has 0 aromatic heterocycles. The van der Waals surface area contributed by atoms with Crippen LogP contribution in [0.3, 0.4) is 0 Å². The Morgan fingerprint density at radius 2 is 1.33 bits per heavy atom. The van der Waals surface area contributed by atoms with Gasteiger partial charge < -0.3 is 10.2 Å². The largest absolute Gasteiger partial charge is 0.362 e. The van der Waals surface area contributed by atoms with Crippen molar-refractivity contribution < 1.29 is 0 Å². The summed E-state index contributed by atoms with van der Waals surface area (Å²) in [7, 11) is 2.06. The summed E-state index contributed by atoms with van der Waals surface area (Å²) in [5.74, 6) is 0.972. The maximum atomic E-state index is 5.69. The number of benzene rings is 3. The maximum Gasteiger partial charge on any atom is 0.169 e. The molecule has 0 radical (unpaired) electrons. The zero-order valence-electron chi connectivity index (χ0n) is 15.4. The van der Waals surface area contributed by atoms with Gasteiger partial charge in [0.1, 0.15) is 0 Å². The van der Waals surface area contributed by atoms with Crippen molar-refractivity contribution in [3.63, 3.8) is 0 Å². The molecule has 0 aliphatic rings. The molecular weight excluding hydrogens is 368 g/mol. The lowest BCUT2D eigenvalue weighted by Gasteiger charge is -2.31. The van der Waals surface area contributed by atoms with Crippen LogP contribution in [0.25, 0.3) is 0 Å². The van der Waals surface area contributed by atoms with Crippen molar-refractivity contribution in [3.05, 3.63) is 102 Å². The fourth-order valence-corrected chi connectivity index (χ4v) is 3.99. The van der Waals surface area contributed by atoms with E-state index in [1.54, 1.807) is 0 Å². The van der Waals surface area contributed by atoms with Gasteiger partial charge in [-0.3, -0.25) is 0 Å². The third kappa shape index (κ3) is 5.59. The fraction of sp³-hybridized carbons (Fsp3) is 0.174. The normalized spacial score (nSPS) is 10.6. The highest BCUT2D eigenvalue weighted by Crippen LogP contribution is 2.27. The second-order valence-corrected chi connectivity index (χ2v) is 7.78. The first-order valence-electron chi connectivity index (χ1n) is 9.04. The first-order valence-corrected chi connectivity index (χ1v) is 10.4. The Bertz CT molecular complexity index is 783. The lowest BCUT2D eigenvalue weighted by molar-refractivity contribution is 0.421. The van der Waals surface area contributed by atoms with E-state index >= 15 is 0 Å². The van der Waals surface area contributed by atoms with Gasteiger partial charge in [0.05, 0.1) is 6.04 Å². The van der Waals surface area contributed by atoms with Crippen LogP contribution in [0.2, 0.25) is 0 Å². The Morgan fingerprint density at radius 3 is 1.85 bits per heavy atom. The van der Waals surface area contributed by atoms with E-state index in [1.165, 1.54) is 16.0 Å². The highest BCUT2D eigenvalue weighted by molar-refractivity contribution is 7.99. The lowest BCUT2D eigenvalue weighted by atomic mass is 9.98. The molecule has 3 aromatic rings. The lowest BCUT2D eigenvalue weighted by Crippen LogP contribution is -2.40. The van der Waals surface area contributed by atoms with E-state index < -0.39 is 0 Å². The van der Waals surface area contributed by atoms with Gasteiger partial charge >= 0.3 is 0 Å².